The second kappa shape index (κ2) is 7.40. The van der Waals surface area contributed by atoms with Crippen molar-refractivity contribution in [3.63, 3.8) is 0 Å². The van der Waals surface area contributed by atoms with Crippen molar-refractivity contribution in [3.8, 4) is 0 Å². The van der Waals surface area contributed by atoms with Crippen LogP contribution in [0, 0.1) is 10.1 Å². The molecule has 0 atom stereocenters. The Hall–Kier alpha value is -2.14. The molecule has 0 radical (unpaired) electrons. The number of isocyanates is 1. The molecule has 1 aromatic rings. The minimum atomic E-state index is -4.84. The van der Waals surface area contributed by atoms with Gasteiger partial charge in [0.1, 0.15) is 0 Å². The van der Waals surface area contributed by atoms with Crippen LogP contribution >= 0.6 is 0 Å². The average molecular weight is 389 g/mol. The Kier molecular flexibility index (Phi) is 5.68. The third-order valence-corrected chi connectivity index (χ3v) is 7.77. The van der Waals surface area contributed by atoms with Crippen LogP contribution in [0.2, 0.25) is 0 Å². The minimum absolute atomic E-state index is 0.0266. The summed E-state index contributed by atoms with van der Waals surface area (Å²) in [6, 6.07) is 4.92. The Morgan fingerprint density at radius 2 is 1.64 bits per heavy atom. The van der Waals surface area contributed by atoms with Gasteiger partial charge in [0, 0.05) is 23.8 Å². The zero-order valence-electron chi connectivity index (χ0n) is 12.9. The van der Waals surface area contributed by atoms with Crippen LogP contribution in [0.3, 0.4) is 0 Å². The van der Waals surface area contributed by atoms with E-state index >= 15 is 0 Å². The van der Waals surface area contributed by atoms with Crippen LogP contribution in [-0.4, -0.2) is 43.6 Å². The van der Waals surface area contributed by atoms with Gasteiger partial charge in [-0.3, -0.25) is 10.1 Å². The number of hydrogen-bond acceptors (Lipinski definition) is 7. The molecule has 0 bridgehead atoms. The van der Waals surface area contributed by atoms with Crippen molar-refractivity contribution < 1.29 is 26.6 Å². The summed E-state index contributed by atoms with van der Waals surface area (Å²) < 4.78 is 52.9. The average Bonchev–Trinajstić information content (AvgIpc) is 2.55. The fourth-order valence-corrected chi connectivity index (χ4v) is 6.20. The van der Waals surface area contributed by atoms with Crippen molar-refractivity contribution >= 4 is 26.3 Å². The maximum Gasteiger partial charge on any atom is 0.346 e. The molecule has 2 rings (SSSR count). The van der Waals surface area contributed by atoms with E-state index in [1.165, 1.54) is 24.3 Å². The summed E-state index contributed by atoms with van der Waals surface area (Å²) in [5.41, 5.74) is 0. The highest BCUT2D eigenvalue weighted by atomic mass is 32.3. The van der Waals surface area contributed by atoms with E-state index < -0.39 is 37.2 Å². The Balaban J connectivity index is 2.46. The van der Waals surface area contributed by atoms with Crippen molar-refractivity contribution in [1.82, 2.24) is 3.71 Å². The molecule has 1 fully saturated rings. The van der Waals surface area contributed by atoms with Gasteiger partial charge in [0.05, 0.1) is 4.90 Å². The molecule has 12 heteroatoms. The summed E-state index contributed by atoms with van der Waals surface area (Å²) in [6.07, 6.45) is 0.831. The van der Waals surface area contributed by atoms with Gasteiger partial charge in [-0.1, -0.05) is 26.3 Å². The zero-order valence-corrected chi connectivity index (χ0v) is 14.5. The molecule has 10 nitrogen and oxygen atoms in total. The van der Waals surface area contributed by atoms with Gasteiger partial charge < -0.3 is 0 Å². The van der Waals surface area contributed by atoms with Gasteiger partial charge in [-0.2, -0.15) is 8.42 Å². The number of sulfonamides is 1. The number of nitro groups is 1. The molecule has 0 aliphatic heterocycles. The Labute approximate surface area is 144 Å². The first kappa shape index (κ1) is 19.2. The minimum Gasteiger partial charge on any atom is -0.264 e. The molecule has 136 valence electrons. The predicted octanol–water partition coefficient (Wildman–Crippen LogP) is 0.846. The van der Waals surface area contributed by atoms with Crippen molar-refractivity contribution in [2.24, 2.45) is 4.40 Å². The fourth-order valence-electron chi connectivity index (χ4n) is 2.77. The third-order valence-electron chi connectivity index (χ3n) is 3.92. The molecule has 0 spiro atoms. The number of rotatable bonds is 6. The van der Waals surface area contributed by atoms with Crippen LogP contribution in [0.1, 0.15) is 25.7 Å². The summed E-state index contributed by atoms with van der Waals surface area (Å²) in [4.78, 5) is 20.5. The van der Waals surface area contributed by atoms with Crippen molar-refractivity contribution in [3.05, 3.63) is 40.4 Å². The van der Waals surface area contributed by atoms with E-state index in [0.29, 0.717) is 0 Å². The summed E-state index contributed by atoms with van der Waals surface area (Å²) in [7, 11) is -9.35. The van der Waals surface area contributed by atoms with Crippen LogP contribution < -0.4 is 0 Å². The molecule has 0 saturated heterocycles. The molecular weight excluding hydrogens is 374 g/mol. The monoisotopic (exact) mass is 389 g/mol. The normalized spacial score (nSPS) is 21.5. The van der Waals surface area contributed by atoms with Gasteiger partial charge in [0.2, 0.25) is 6.04 Å². The van der Waals surface area contributed by atoms with E-state index in [-0.39, 0.29) is 34.3 Å². The number of carbonyl (C=O) groups excluding carboxylic acids is 1. The lowest BCUT2D eigenvalue weighted by Gasteiger charge is -2.31. The van der Waals surface area contributed by atoms with E-state index in [2.05, 4.69) is 4.40 Å². The van der Waals surface area contributed by atoms with Crippen LogP contribution in [0.15, 0.2) is 39.6 Å². The Bertz CT molecular complexity index is 885. The lowest BCUT2D eigenvalue weighted by atomic mass is 9.92. The first-order valence-corrected chi connectivity index (χ1v) is 10.1. The summed E-state index contributed by atoms with van der Waals surface area (Å²) in [5.74, 6) is 0. The molecular formula is C13H15N3O7S2. The summed E-state index contributed by atoms with van der Waals surface area (Å²) in [6.45, 7) is 0. The zero-order chi connectivity index (χ0) is 18.7. The van der Waals surface area contributed by atoms with Gasteiger partial charge >= 0.3 is 10.2 Å². The Morgan fingerprint density at radius 3 is 2.12 bits per heavy atom. The van der Waals surface area contributed by atoms with Gasteiger partial charge in [-0.15, -0.1) is 0 Å². The lowest BCUT2D eigenvalue weighted by Crippen LogP contribution is -2.46. The number of hydrogen-bond donors (Lipinski definition) is 0. The van der Waals surface area contributed by atoms with E-state index in [0.717, 1.165) is 6.08 Å². The first-order valence-electron chi connectivity index (χ1n) is 7.27. The topological polar surface area (TPSA) is 144 Å². The highest BCUT2D eigenvalue weighted by Gasteiger charge is 2.44. The van der Waals surface area contributed by atoms with E-state index in [1.807, 2.05) is 0 Å². The number of nitrogens with zero attached hydrogens (tertiary/aromatic N) is 3. The van der Waals surface area contributed by atoms with Crippen LogP contribution in [-0.2, 0) is 25.0 Å². The molecule has 0 unspecified atom stereocenters. The maximum atomic E-state index is 12.8. The van der Waals surface area contributed by atoms with E-state index in [1.54, 1.807) is 6.07 Å². The fraction of sp³-hybridized carbons (Fsp3) is 0.462. The molecule has 1 aromatic carbocycles. The second-order valence-corrected chi connectivity index (χ2v) is 8.97. The molecule has 1 saturated carbocycles. The van der Waals surface area contributed by atoms with Gasteiger partial charge in [-0.25, -0.2) is 13.2 Å². The quantitative estimate of drug-likeness (QED) is 0.303. The molecule has 0 heterocycles. The van der Waals surface area contributed by atoms with Crippen molar-refractivity contribution in [2.45, 2.75) is 42.7 Å². The van der Waals surface area contributed by atoms with Gasteiger partial charge in [0.15, 0.2) is 0 Å². The first-order chi connectivity index (χ1) is 11.7. The molecule has 1 aliphatic carbocycles. The van der Waals surface area contributed by atoms with Crippen molar-refractivity contribution in [2.75, 3.05) is 0 Å². The van der Waals surface area contributed by atoms with Crippen LogP contribution in [0.4, 0.5) is 0 Å². The largest absolute Gasteiger partial charge is 0.346 e. The Morgan fingerprint density at radius 1 is 1.08 bits per heavy atom. The second-order valence-electron chi connectivity index (χ2n) is 5.45. The smallest absolute Gasteiger partial charge is 0.264 e. The molecule has 1 aliphatic rings. The summed E-state index contributed by atoms with van der Waals surface area (Å²) in [5, 5.41) is 10.8. The highest BCUT2D eigenvalue weighted by molar-refractivity contribution is 8.03. The predicted molar refractivity (Wildman–Crippen MR) is 85.5 cm³/mol. The van der Waals surface area contributed by atoms with Gasteiger partial charge in [-0.05, 0) is 25.0 Å². The van der Waals surface area contributed by atoms with E-state index in [9.17, 15) is 31.7 Å². The van der Waals surface area contributed by atoms with Gasteiger partial charge in [0.25, 0.3) is 16.1 Å². The maximum absolute atomic E-state index is 12.8. The molecule has 0 N–H and O–H groups in total. The number of benzene rings is 1. The SMILES string of the molecule is O=C=NS(=O)(=O)N(C1CCC([N+](=O)[O-])CC1)S(=O)(=O)c1ccccc1. The standard InChI is InChI=1S/C13H15N3O7S2/c17-10-14-25(22,23)16(12-8-6-11(7-9-12)15(18)19)24(20,21)13-4-2-1-3-5-13/h1-5,11-12H,6-9H2. The molecule has 25 heavy (non-hydrogen) atoms. The van der Waals surface area contributed by atoms with Crippen LogP contribution in [0.25, 0.3) is 0 Å². The van der Waals surface area contributed by atoms with E-state index in [4.69, 9.17) is 0 Å². The lowest BCUT2D eigenvalue weighted by molar-refractivity contribution is -0.526. The highest BCUT2D eigenvalue weighted by Crippen LogP contribution is 2.31. The van der Waals surface area contributed by atoms with Crippen molar-refractivity contribution in [1.29, 1.82) is 0 Å². The third kappa shape index (κ3) is 4.10. The van der Waals surface area contributed by atoms with Crippen LogP contribution in [0.5, 0.6) is 0 Å². The summed E-state index contributed by atoms with van der Waals surface area (Å²) >= 11 is 0. The molecule has 0 amide bonds. The molecule has 0 aromatic heterocycles.